The Morgan fingerprint density at radius 2 is 2.18 bits per heavy atom. The van der Waals surface area contributed by atoms with E-state index < -0.39 is 33.3 Å². The van der Waals surface area contributed by atoms with Crippen LogP contribution in [0.15, 0.2) is 23.1 Å². The van der Waals surface area contributed by atoms with Gasteiger partial charge in [-0.2, -0.15) is 4.72 Å². The molecule has 3 N–H and O–H groups in total. The van der Waals surface area contributed by atoms with Crippen LogP contribution in [0.1, 0.15) is 0 Å². The Hall–Kier alpha value is -1.67. The summed E-state index contributed by atoms with van der Waals surface area (Å²) in [6, 6.07) is 3.49. The van der Waals surface area contributed by atoms with Crippen LogP contribution in [0.25, 0.3) is 0 Å². The van der Waals surface area contributed by atoms with Gasteiger partial charge in [-0.3, -0.25) is 4.79 Å². The number of esters is 1. The monoisotopic (exact) mass is 262 g/mol. The maximum Gasteiger partial charge on any atom is 0.320 e. The first-order valence-corrected chi connectivity index (χ1v) is 5.97. The Kier molecular flexibility index (Phi) is 4.02. The molecule has 0 saturated carbocycles. The van der Waals surface area contributed by atoms with Gasteiger partial charge >= 0.3 is 5.97 Å². The molecule has 0 spiro atoms. The smallest absolute Gasteiger partial charge is 0.320 e. The third kappa shape index (κ3) is 3.14. The van der Waals surface area contributed by atoms with Crippen LogP contribution < -0.4 is 10.5 Å². The highest BCUT2D eigenvalue weighted by atomic mass is 32.2. The fourth-order valence-corrected chi connectivity index (χ4v) is 2.26. The molecular formula is C9H11FN2O4S. The zero-order chi connectivity index (χ0) is 13.1. The van der Waals surface area contributed by atoms with Crippen LogP contribution in [0.4, 0.5) is 10.1 Å². The molecule has 1 rings (SSSR count). The second-order valence-corrected chi connectivity index (χ2v) is 4.76. The number of methoxy groups -OCH3 is 1. The molecule has 0 aromatic heterocycles. The average molecular weight is 262 g/mol. The van der Waals surface area contributed by atoms with Gasteiger partial charge in [0.15, 0.2) is 0 Å². The van der Waals surface area contributed by atoms with Crippen LogP contribution >= 0.6 is 0 Å². The van der Waals surface area contributed by atoms with E-state index in [1.165, 1.54) is 12.1 Å². The van der Waals surface area contributed by atoms with Crippen LogP contribution in [-0.2, 0) is 19.6 Å². The van der Waals surface area contributed by atoms with Gasteiger partial charge in [-0.25, -0.2) is 12.8 Å². The highest BCUT2D eigenvalue weighted by Gasteiger charge is 2.22. The van der Waals surface area contributed by atoms with E-state index in [4.69, 9.17) is 5.73 Å². The van der Waals surface area contributed by atoms with E-state index in [9.17, 15) is 17.6 Å². The van der Waals surface area contributed by atoms with E-state index in [1.807, 2.05) is 4.72 Å². The first-order valence-electron chi connectivity index (χ1n) is 4.49. The van der Waals surface area contributed by atoms with Crippen LogP contribution in [0, 0.1) is 5.82 Å². The summed E-state index contributed by atoms with van der Waals surface area (Å²) in [5.74, 6) is -1.77. The molecule has 0 aliphatic carbocycles. The number of nitrogen functional groups attached to an aromatic ring is 1. The summed E-state index contributed by atoms with van der Waals surface area (Å²) in [6.45, 7) is -0.591. The minimum absolute atomic E-state index is 0.234. The zero-order valence-electron chi connectivity index (χ0n) is 8.94. The van der Waals surface area contributed by atoms with Crippen molar-refractivity contribution in [2.45, 2.75) is 4.90 Å². The van der Waals surface area contributed by atoms with Crippen molar-refractivity contribution in [3.05, 3.63) is 24.0 Å². The van der Waals surface area contributed by atoms with E-state index in [0.29, 0.717) is 0 Å². The molecule has 0 saturated heterocycles. The quantitative estimate of drug-likeness (QED) is 0.581. The number of benzene rings is 1. The number of nitrogens with two attached hydrogens (primary N) is 1. The highest BCUT2D eigenvalue weighted by Crippen LogP contribution is 2.20. The van der Waals surface area contributed by atoms with Crippen molar-refractivity contribution in [1.29, 1.82) is 0 Å². The molecule has 0 unspecified atom stereocenters. The molecule has 0 atom stereocenters. The van der Waals surface area contributed by atoms with Gasteiger partial charge in [0, 0.05) is 0 Å². The van der Waals surface area contributed by atoms with Gasteiger partial charge < -0.3 is 10.5 Å². The number of anilines is 1. The predicted molar refractivity (Wildman–Crippen MR) is 58.0 cm³/mol. The van der Waals surface area contributed by atoms with Gasteiger partial charge in [-0.15, -0.1) is 0 Å². The second-order valence-electron chi connectivity index (χ2n) is 3.06. The Morgan fingerprint density at radius 1 is 1.53 bits per heavy atom. The number of rotatable bonds is 4. The Morgan fingerprint density at radius 3 is 2.71 bits per heavy atom. The van der Waals surface area contributed by atoms with E-state index >= 15 is 0 Å². The van der Waals surface area contributed by atoms with Crippen molar-refractivity contribution in [3.8, 4) is 0 Å². The van der Waals surface area contributed by atoms with E-state index in [0.717, 1.165) is 13.2 Å². The van der Waals surface area contributed by atoms with Crippen molar-refractivity contribution in [1.82, 2.24) is 4.72 Å². The summed E-state index contributed by atoms with van der Waals surface area (Å²) in [7, 11) is -3.07. The fourth-order valence-electron chi connectivity index (χ4n) is 1.11. The first-order chi connectivity index (χ1) is 7.88. The van der Waals surface area contributed by atoms with E-state index in [1.54, 1.807) is 0 Å². The number of ether oxygens (including phenoxy) is 1. The summed E-state index contributed by atoms with van der Waals surface area (Å²) >= 11 is 0. The van der Waals surface area contributed by atoms with Crippen molar-refractivity contribution < 1.29 is 22.3 Å². The standard InChI is InChI=1S/C9H11FN2O4S/c1-16-8(13)5-12-17(14,15)9-6(10)3-2-4-7(9)11/h2-4,12H,5,11H2,1H3. The molecule has 1 aromatic carbocycles. The molecule has 1 aromatic rings. The normalized spacial score (nSPS) is 11.2. The minimum Gasteiger partial charge on any atom is -0.468 e. The maximum atomic E-state index is 13.3. The Labute approximate surface area is 97.6 Å². The number of sulfonamides is 1. The maximum absolute atomic E-state index is 13.3. The molecule has 0 heterocycles. The van der Waals surface area contributed by atoms with Crippen LogP contribution in [0.5, 0.6) is 0 Å². The summed E-state index contributed by atoms with van der Waals surface area (Å²) < 4.78 is 42.8. The molecular weight excluding hydrogens is 251 g/mol. The highest BCUT2D eigenvalue weighted by molar-refractivity contribution is 7.89. The minimum atomic E-state index is -4.18. The topological polar surface area (TPSA) is 98.5 Å². The summed E-state index contributed by atoms with van der Waals surface area (Å²) in [5.41, 5.74) is 5.14. The third-order valence-electron chi connectivity index (χ3n) is 1.90. The van der Waals surface area contributed by atoms with Crippen molar-refractivity contribution >= 4 is 21.7 Å². The fraction of sp³-hybridized carbons (Fsp3) is 0.222. The zero-order valence-corrected chi connectivity index (χ0v) is 9.75. The van der Waals surface area contributed by atoms with E-state index in [2.05, 4.69) is 4.74 Å². The molecule has 0 bridgehead atoms. The van der Waals surface area contributed by atoms with E-state index in [-0.39, 0.29) is 5.69 Å². The molecule has 0 fully saturated rings. The number of carbonyl (C=O) groups excluding carboxylic acids is 1. The van der Waals surface area contributed by atoms with Crippen LogP contribution in [-0.4, -0.2) is 28.0 Å². The molecule has 94 valence electrons. The first kappa shape index (κ1) is 13.4. The molecule has 0 aliphatic heterocycles. The largest absolute Gasteiger partial charge is 0.468 e. The van der Waals surface area contributed by atoms with Gasteiger partial charge in [0.05, 0.1) is 12.8 Å². The lowest BCUT2D eigenvalue weighted by Gasteiger charge is -2.08. The number of nitrogens with one attached hydrogen (secondary N) is 1. The van der Waals surface area contributed by atoms with Gasteiger partial charge in [-0.1, -0.05) is 6.07 Å². The van der Waals surface area contributed by atoms with Gasteiger partial charge in [-0.05, 0) is 12.1 Å². The lowest BCUT2D eigenvalue weighted by molar-refractivity contribution is -0.139. The summed E-state index contributed by atoms with van der Waals surface area (Å²) in [5, 5.41) is 0. The Bertz CT molecular complexity index is 510. The lowest BCUT2D eigenvalue weighted by Crippen LogP contribution is -2.31. The number of halogens is 1. The molecule has 0 amide bonds. The lowest BCUT2D eigenvalue weighted by atomic mass is 10.3. The Balaban J connectivity index is 3.02. The van der Waals surface area contributed by atoms with Crippen LogP contribution in [0.2, 0.25) is 0 Å². The molecule has 17 heavy (non-hydrogen) atoms. The van der Waals surface area contributed by atoms with Gasteiger partial charge in [0.25, 0.3) is 0 Å². The number of hydrogen-bond acceptors (Lipinski definition) is 5. The average Bonchev–Trinajstić information content (AvgIpc) is 2.25. The third-order valence-corrected chi connectivity index (χ3v) is 3.39. The SMILES string of the molecule is COC(=O)CNS(=O)(=O)c1c(N)cccc1F. The summed E-state index contributed by atoms with van der Waals surface area (Å²) in [6.07, 6.45) is 0. The second kappa shape index (κ2) is 5.11. The van der Waals surface area contributed by atoms with Crippen molar-refractivity contribution in [2.24, 2.45) is 0 Å². The number of hydrogen-bond donors (Lipinski definition) is 2. The number of carbonyl (C=O) groups is 1. The molecule has 6 nitrogen and oxygen atoms in total. The van der Waals surface area contributed by atoms with Crippen molar-refractivity contribution in [3.63, 3.8) is 0 Å². The van der Waals surface area contributed by atoms with Crippen LogP contribution in [0.3, 0.4) is 0 Å². The molecule has 0 aliphatic rings. The summed E-state index contributed by atoms with van der Waals surface area (Å²) in [4.78, 5) is 10.1. The van der Waals surface area contributed by atoms with Gasteiger partial charge in [0.2, 0.25) is 10.0 Å². The molecule has 8 heteroatoms. The van der Waals surface area contributed by atoms with Gasteiger partial charge in [0.1, 0.15) is 17.3 Å². The predicted octanol–water partition coefficient (Wildman–Crippen LogP) is -0.141. The van der Waals surface area contributed by atoms with Crippen molar-refractivity contribution in [2.75, 3.05) is 19.4 Å². The molecule has 0 radical (unpaired) electrons.